The summed E-state index contributed by atoms with van der Waals surface area (Å²) in [4.78, 5) is 15.8. The van der Waals surface area contributed by atoms with Crippen molar-refractivity contribution in [3.05, 3.63) is 28.8 Å². The van der Waals surface area contributed by atoms with E-state index in [0.717, 1.165) is 17.7 Å². The van der Waals surface area contributed by atoms with Gasteiger partial charge < -0.3 is 9.88 Å². The summed E-state index contributed by atoms with van der Waals surface area (Å²) in [7, 11) is 0. The van der Waals surface area contributed by atoms with E-state index in [9.17, 15) is 18.0 Å². The quantitative estimate of drug-likeness (QED) is 0.930. The Labute approximate surface area is 127 Å². The lowest BCUT2D eigenvalue weighted by Crippen LogP contribution is -2.33. The van der Waals surface area contributed by atoms with Gasteiger partial charge in [0.05, 0.1) is 6.20 Å². The van der Waals surface area contributed by atoms with Gasteiger partial charge in [-0.3, -0.25) is 4.79 Å². The SMILES string of the molecule is O=C(NCC1CCc2nc(C(F)(F)F)cn2C1)c1cnns1. The van der Waals surface area contributed by atoms with Crippen molar-refractivity contribution in [3.63, 3.8) is 0 Å². The van der Waals surface area contributed by atoms with E-state index < -0.39 is 11.9 Å². The molecule has 0 fully saturated rings. The molecule has 1 atom stereocenters. The molecule has 0 saturated heterocycles. The summed E-state index contributed by atoms with van der Waals surface area (Å²) < 4.78 is 43.0. The molecule has 10 heteroatoms. The minimum atomic E-state index is -4.42. The molecule has 1 unspecified atom stereocenters. The van der Waals surface area contributed by atoms with Crippen molar-refractivity contribution >= 4 is 17.4 Å². The van der Waals surface area contributed by atoms with Crippen LogP contribution in [-0.4, -0.2) is 31.6 Å². The average Bonchev–Trinajstić information content (AvgIpc) is 3.12. The lowest BCUT2D eigenvalue weighted by atomic mass is 9.99. The Balaban J connectivity index is 1.60. The highest BCUT2D eigenvalue weighted by Gasteiger charge is 2.35. The van der Waals surface area contributed by atoms with E-state index >= 15 is 0 Å². The smallest absolute Gasteiger partial charge is 0.351 e. The fourth-order valence-electron chi connectivity index (χ4n) is 2.41. The largest absolute Gasteiger partial charge is 0.434 e. The first-order chi connectivity index (χ1) is 10.4. The molecule has 1 amide bonds. The van der Waals surface area contributed by atoms with Crippen LogP contribution in [0, 0.1) is 5.92 Å². The van der Waals surface area contributed by atoms with Crippen molar-refractivity contribution < 1.29 is 18.0 Å². The van der Waals surface area contributed by atoms with Gasteiger partial charge in [-0.1, -0.05) is 4.49 Å². The van der Waals surface area contributed by atoms with Crippen LogP contribution < -0.4 is 5.32 Å². The highest BCUT2D eigenvalue weighted by Crippen LogP contribution is 2.30. The lowest BCUT2D eigenvalue weighted by Gasteiger charge is -2.23. The molecule has 2 aromatic heterocycles. The van der Waals surface area contributed by atoms with Crippen LogP contribution in [-0.2, 0) is 19.1 Å². The minimum Gasteiger partial charge on any atom is -0.351 e. The second-order valence-corrected chi connectivity index (χ2v) is 5.87. The number of fused-ring (bicyclic) bond motifs is 1. The van der Waals surface area contributed by atoms with Gasteiger partial charge in [0.1, 0.15) is 10.7 Å². The molecule has 22 heavy (non-hydrogen) atoms. The number of halogens is 3. The van der Waals surface area contributed by atoms with Gasteiger partial charge in [0.2, 0.25) is 0 Å². The molecule has 0 spiro atoms. The van der Waals surface area contributed by atoms with Crippen LogP contribution in [0.15, 0.2) is 12.4 Å². The number of hydrogen-bond donors (Lipinski definition) is 1. The lowest BCUT2D eigenvalue weighted by molar-refractivity contribution is -0.141. The Morgan fingerprint density at radius 3 is 3.00 bits per heavy atom. The van der Waals surface area contributed by atoms with Crippen LogP contribution in [0.5, 0.6) is 0 Å². The van der Waals surface area contributed by atoms with Gasteiger partial charge in [-0.05, 0) is 23.9 Å². The number of imidazole rings is 1. The second-order valence-electron chi connectivity index (χ2n) is 5.09. The van der Waals surface area contributed by atoms with Crippen molar-refractivity contribution in [2.75, 3.05) is 6.54 Å². The van der Waals surface area contributed by atoms with E-state index in [2.05, 4.69) is 19.9 Å². The summed E-state index contributed by atoms with van der Waals surface area (Å²) >= 11 is 0.999. The zero-order chi connectivity index (χ0) is 15.7. The van der Waals surface area contributed by atoms with Crippen LogP contribution in [0.25, 0.3) is 0 Å². The maximum atomic E-state index is 12.6. The third kappa shape index (κ3) is 3.11. The molecule has 1 N–H and O–H groups in total. The third-order valence-corrected chi connectivity index (χ3v) is 4.18. The molecule has 0 radical (unpaired) electrons. The zero-order valence-corrected chi connectivity index (χ0v) is 12.1. The molecule has 118 valence electrons. The summed E-state index contributed by atoms with van der Waals surface area (Å²) in [5.41, 5.74) is -0.858. The first-order valence-corrected chi connectivity index (χ1v) is 7.39. The monoisotopic (exact) mass is 331 g/mol. The molecule has 1 aliphatic rings. The molecule has 1 aliphatic heterocycles. The zero-order valence-electron chi connectivity index (χ0n) is 11.3. The predicted molar refractivity (Wildman–Crippen MR) is 71.3 cm³/mol. The van der Waals surface area contributed by atoms with Crippen LogP contribution in [0.3, 0.4) is 0 Å². The number of nitrogens with zero attached hydrogens (tertiary/aromatic N) is 4. The van der Waals surface area contributed by atoms with E-state index in [1.807, 2.05) is 0 Å². The normalized spacial score (nSPS) is 18.0. The molecular formula is C12H12F3N5OS. The number of rotatable bonds is 3. The number of aromatic nitrogens is 4. The molecule has 6 nitrogen and oxygen atoms in total. The Morgan fingerprint density at radius 1 is 1.50 bits per heavy atom. The van der Waals surface area contributed by atoms with Gasteiger partial charge in [-0.25, -0.2) is 4.98 Å². The second kappa shape index (κ2) is 5.67. The van der Waals surface area contributed by atoms with Gasteiger partial charge in [0.15, 0.2) is 5.69 Å². The van der Waals surface area contributed by atoms with Gasteiger partial charge in [0.25, 0.3) is 5.91 Å². The van der Waals surface area contributed by atoms with Crippen molar-refractivity contribution in [2.24, 2.45) is 5.92 Å². The summed E-state index contributed by atoms with van der Waals surface area (Å²) in [6.07, 6.45) is -0.845. The van der Waals surface area contributed by atoms with E-state index in [4.69, 9.17) is 0 Å². The van der Waals surface area contributed by atoms with Crippen LogP contribution in [0.1, 0.15) is 27.6 Å². The number of alkyl halides is 3. The minimum absolute atomic E-state index is 0.0765. The van der Waals surface area contributed by atoms with Crippen molar-refractivity contribution in [1.82, 2.24) is 24.5 Å². The number of nitrogens with one attached hydrogen (secondary N) is 1. The van der Waals surface area contributed by atoms with Crippen molar-refractivity contribution in [1.29, 1.82) is 0 Å². The Bertz CT molecular complexity index is 667. The highest BCUT2D eigenvalue weighted by atomic mass is 32.1. The first kappa shape index (κ1) is 14.9. The Kier molecular flexibility index (Phi) is 3.85. The molecule has 3 rings (SSSR count). The molecule has 0 aromatic carbocycles. The fourth-order valence-corrected chi connectivity index (χ4v) is 2.84. The Morgan fingerprint density at radius 2 is 2.32 bits per heavy atom. The summed E-state index contributed by atoms with van der Waals surface area (Å²) in [5, 5.41) is 6.34. The van der Waals surface area contributed by atoms with Gasteiger partial charge in [0, 0.05) is 25.7 Å². The summed E-state index contributed by atoms with van der Waals surface area (Å²) in [6, 6.07) is 0. The maximum absolute atomic E-state index is 12.6. The van der Waals surface area contributed by atoms with Crippen LogP contribution in [0.4, 0.5) is 13.2 Å². The third-order valence-electron chi connectivity index (χ3n) is 3.52. The number of carbonyl (C=O) groups excluding carboxylic acids is 1. The van der Waals surface area contributed by atoms with Crippen molar-refractivity contribution in [2.45, 2.75) is 25.6 Å². The molecule has 0 bridgehead atoms. The summed E-state index contributed by atoms with van der Waals surface area (Å²) in [6.45, 7) is 0.815. The van der Waals surface area contributed by atoms with Crippen molar-refractivity contribution in [3.8, 4) is 0 Å². The number of amides is 1. The number of hydrogen-bond acceptors (Lipinski definition) is 5. The molecular weight excluding hydrogens is 319 g/mol. The maximum Gasteiger partial charge on any atom is 0.434 e. The van der Waals surface area contributed by atoms with Crippen LogP contribution >= 0.6 is 11.5 Å². The molecule has 3 heterocycles. The number of aryl methyl sites for hydroxylation is 1. The molecule has 2 aromatic rings. The summed E-state index contributed by atoms with van der Waals surface area (Å²) in [5.74, 6) is 0.261. The standard InChI is InChI=1S/C12H12F3N5OS/c13-12(14,15)9-6-20-5-7(1-2-10(20)18-9)3-16-11(21)8-4-17-19-22-8/h4,6-7H,1-3,5H2,(H,16,21). The van der Waals surface area contributed by atoms with E-state index in [-0.39, 0.29) is 11.8 Å². The van der Waals surface area contributed by atoms with E-state index in [1.165, 1.54) is 10.8 Å². The highest BCUT2D eigenvalue weighted by molar-refractivity contribution is 7.07. The van der Waals surface area contributed by atoms with Crippen LogP contribution in [0.2, 0.25) is 0 Å². The first-order valence-electron chi connectivity index (χ1n) is 6.62. The average molecular weight is 331 g/mol. The molecule has 0 aliphatic carbocycles. The van der Waals surface area contributed by atoms with Gasteiger partial charge in [-0.15, -0.1) is 5.10 Å². The predicted octanol–water partition coefficient (Wildman–Crippen LogP) is 1.75. The Hall–Kier alpha value is -1.97. The molecule has 0 saturated carbocycles. The fraction of sp³-hybridized carbons (Fsp3) is 0.500. The number of carbonyl (C=O) groups is 1. The van der Waals surface area contributed by atoms with E-state index in [1.54, 1.807) is 0 Å². The van der Waals surface area contributed by atoms with E-state index in [0.29, 0.717) is 36.6 Å². The van der Waals surface area contributed by atoms with Gasteiger partial charge in [-0.2, -0.15) is 13.2 Å². The topological polar surface area (TPSA) is 72.7 Å². The van der Waals surface area contributed by atoms with Gasteiger partial charge >= 0.3 is 6.18 Å².